The molecule has 0 unspecified atom stereocenters. The second-order valence-corrected chi connectivity index (χ2v) is 9.57. The normalized spacial score (nSPS) is 27.4. The summed E-state index contributed by atoms with van der Waals surface area (Å²) in [5, 5.41) is 1.02. The molecule has 30 heavy (non-hydrogen) atoms. The highest BCUT2D eigenvalue weighted by atomic mass is 79.9. The maximum Gasteiger partial charge on any atom is 0.319 e. The molecule has 8 heteroatoms. The highest BCUT2D eigenvalue weighted by Crippen LogP contribution is 2.40. The fraction of sp³-hybridized carbons (Fsp3) is 0.636. The van der Waals surface area contributed by atoms with Gasteiger partial charge in [-0.3, -0.25) is 4.90 Å². The lowest BCUT2D eigenvalue weighted by molar-refractivity contribution is 0.107. The fourth-order valence-electron chi connectivity index (χ4n) is 5.18. The van der Waals surface area contributed by atoms with E-state index >= 15 is 0 Å². The van der Waals surface area contributed by atoms with Gasteiger partial charge in [-0.25, -0.2) is 4.39 Å². The smallest absolute Gasteiger partial charge is 0.319 e. The Bertz CT molecular complexity index is 937. The molecule has 3 fully saturated rings. The van der Waals surface area contributed by atoms with Gasteiger partial charge in [0.05, 0.1) is 17.7 Å². The topological polar surface area (TPSA) is 50.7 Å². The quantitative estimate of drug-likeness (QED) is 0.664. The number of aromatic nitrogens is 2. The van der Waals surface area contributed by atoms with Crippen LogP contribution in [-0.2, 0) is 4.74 Å². The number of fused-ring (bicyclic) bond motifs is 2. The summed E-state index contributed by atoms with van der Waals surface area (Å²) < 4.78 is 27.0. The summed E-state index contributed by atoms with van der Waals surface area (Å²) in [7, 11) is 0. The highest BCUT2D eigenvalue weighted by Gasteiger charge is 2.49. The Hall–Kier alpha value is -1.51. The molecule has 0 amide bonds. The van der Waals surface area contributed by atoms with Crippen molar-refractivity contribution < 1.29 is 13.9 Å². The Labute approximate surface area is 184 Å². The molecule has 1 aromatic heterocycles. The minimum atomic E-state index is -0.766. The number of halogens is 2. The third-order valence-corrected chi connectivity index (χ3v) is 7.63. The number of hydrogen-bond donors (Lipinski definition) is 0. The lowest BCUT2D eigenvalue weighted by Gasteiger charge is -2.31. The van der Waals surface area contributed by atoms with Crippen molar-refractivity contribution in [3.63, 3.8) is 0 Å². The van der Waals surface area contributed by atoms with Crippen LogP contribution in [0.1, 0.15) is 31.2 Å². The van der Waals surface area contributed by atoms with Crippen molar-refractivity contribution in [3.05, 3.63) is 22.2 Å². The van der Waals surface area contributed by atoms with Crippen molar-refractivity contribution in [3.8, 4) is 6.01 Å². The van der Waals surface area contributed by atoms with E-state index in [1.165, 1.54) is 0 Å². The van der Waals surface area contributed by atoms with Crippen LogP contribution in [0.5, 0.6) is 6.01 Å². The van der Waals surface area contributed by atoms with E-state index in [0.717, 1.165) is 72.3 Å². The molecule has 5 rings (SSSR count). The molecule has 4 heterocycles. The first-order valence-corrected chi connectivity index (χ1v) is 11.7. The van der Waals surface area contributed by atoms with Gasteiger partial charge < -0.3 is 14.4 Å². The summed E-state index contributed by atoms with van der Waals surface area (Å²) in [5.74, 6) is 0.895. The Morgan fingerprint density at radius 3 is 3.03 bits per heavy atom. The van der Waals surface area contributed by atoms with Crippen molar-refractivity contribution in [2.24, 2.45) is 0 Å². The lowest BCUT2D eigenvalue weighted by atomic mass is 9.95. The van der Waals surface area contributed by atoms with E-state index in [0.29, 0.717) is 32.2 Å². The first-order valence-electron chi connectivity index (χ1n) is 10.9. The molecule has 1 aromatic carbocycles. The summed E-state index contributed by atoms with van der Waals surface area (Å²) in [6.07, 6.45) is 2.81. The summed E-state index contributed by atoms with van der Waals surface area (Å²) >= 11 is 3.63. The molecule has 0 saturated carbocycles. The van der Waals surface area contributed by atoms with Gasteiger partial charge in [0.15, 0.2) is 0 Å². The van der Waals surface area contributed by atoms with Crippen LogP contribution in [0.15, 0.2) is 16.6 Å². The van der Waals surface area contributed by atoms with Gasteiger partial charge in [0, 0.05) is 42.5 Å². The molecule has 3 saturated heterocycles. The van der Waals surface area contributed by atoms with Gasteiger partial charge in [0.1, 0.15) is 18.6 Å². The molecular weight excluding hydrogens is 451 g/mol. The van der Waals surface area contributed by atoms with Crippen molar-refractivity contribution in [1.82, 2.24) is 14.9 Å². The molecule has 0 bridgehead atoms. The molecule has 3 aliphatic heterocycles. The fourth-order valence-corrected chi connectivity index (χ4v) is 5.50. The minimum absolute atomic E-state index is 0.208. The summed E-state index contributed by atoms with van der Waals surface area (Å²) in [6.45, 7) is 7.11. The molecule has 0 radical (unpaired) electrons. The van der Waals surface area contributed by atoms with E-state index in [1.54, 1.807) is 0 Å². The van der Waals surface area contributed by atoms with Crippen LogP contribution in [-0.4, -0.2) is 72.6 Å². The zero-order valence-corrected chi connectivity index (χ0v) is 19.0. The van der Waals surface area contributed by atoms with E-state index < -0.39 is 6.17 Å². The molecule has 2 atom stereocenters. The number of aryl methyl sites for hydroxylation is 1. The Balaban J connectivity index is 1.49. The molecule has 0 aliphatic carbocycles. The van der Waals surface area contributed by atoms with Crippen LogP contribution >= 0.6 is 15.9 Å². The van der Waals surface area contributed by atoms with Crippen molar-refractivity contribution in [1.29, 1.82) is 0 Å². The van der Waals surface area contributed by atoms with Crippen LogP contribution in [0.25, 0.3) is 10.9 Å². The number of benzene rings is 1. The Kier molecular flexibility index (Phi) is 5.58. The number of alkyl halides is 1. The van der Waals surface area contributed by atoms with Gasteiger partial charge in [-0.1, -0.05) is 15.9 Å². The number of rotatable bonds is 4. The zero-order valence-electron chi connectivity index (χ0n) is 17.4. The third-order valence-electron chi connectivity index (χ3n) is 6.77. The number of ether oxygens (including phenoxy) is 2. The number of hydrogen-bond acceptors (Lipinski definition) is 6. The van der Waals surface area contributed by atoms with Gasteiger partial charge >= 0.3 is 6.01 Å². The average molecular weight is 479 g/mol. The largest absolute Gasteiger partial charge is 0.461 e. The zero-order chi connectivity index (χ0) is 20.7. The van der Waals surface area contributed by atoms with Crippen molar-refractivity contribution in [2.75, 3.05) is 50.9 Å². The van der Waals surface area contributed by atoms with Crippen LogP contribution in [0.3, 0.4) is 0 Å². The number of anilines is 1. The molecule has 0 spiro atoms. The molecule has 6 nitrogen and oxygen atoms in total. The van der Waals surface area contributed by atoms with Crippen LogP contribution in [0, 0.1) is 6.92 Å². The van der Waals surface area contributed by atoms with E-state index in [1.807, 2.05) is 0 Å². The van der Waals surface area contributed by atoms with Gasteiger partial charge in [-0.2, -0.15) is 9.97 Å². The Morgan fingerprint density at radius 2 is 2.13 bits per heavy atom. The second kappa shape index (κ2) is 8.20. The van der Waals surface area contributed by atoms with Crippen molar-refractivity contribution >= 4 is 32.7 Å². The predicted octanol–water partition coefficient (Wildman–Crippen LogP) is 3.88. The van der Waals surface area contributed by atoms with Gasteiger partial charge in [-0.15, -0.1) is 0 Å². The lowest BCUT2D eigenvalue weighted by Crippen LogP contribution is -2.43. The van der Waals surface area contributed by atoms with Crippen LogP contribution in [0.2, 0.25) is 0 Å². The van der Waals surface area contributed by atoms with Gasteiger partial charge in [-0.05, 0) is 50.4 Å². The third kappa shape index (κ3) is 3.67. The maximum atomic E-state index is 14.1. The molecular formula is C22H28BrFN4O2. The van der Waals surface area contributed by atoms with Gasteiger partial charge in [0.2, 0.25) is 0 Å². The van der Waals surface area contributed by atoms with Crippen LogP contribution < -0.4 is 9.64 Å². The highest BCUT2D eigenvalue weighted by molar-refractivity contribution is 9.10. The van der Waals surface area contributed by atoms with E-state index in [2.05, 4.69) is 44.8 Å². The average Bonchev–Trinajstić information content (AvgIpc) is 3.11. The van der Waals surface area contributed by atoms with E-state index in [-0.39, 0.29) is 5.54 Å². The first kappa shape index (κ1) is 20.4. The number of nitrogens with zero attached hydrogens (tertiary/aromatic N) is 4. The standard InChI is InChI=1S/C22H28BrFN4O2/c1-15-18(23)5-4-17-19(15)25-21(26-20(17)27-7-3-10-29-11-9-27)30-14-22-6-2-8-28(22)13-16(24)12-22/h4-5,16H,2-3,6-14H2,1H3/t16-,22+/m1/s1. The summed E-state index contributed by atoms with van der Waals surface area (Å²) in [6, 6.07) is 4.50. The molecule has 3 aliphatic rings. The minimum Gasteiger partial charge on any atom is -0.461 e. The molecule has 2 aromatic rings. The monoisotopic (exact) mass is 478 g/mol. The SMILES string of the molecule is Cc1c(Br)ccc2c(N3CCCOCC3)nc(OC[C@@]34CCCN3C[C@H](F)C4)nc12. The molecule has 162 valence electrons. The maximum absolute atomic E-state index is 14.1. The predicted molar refractivity (Wildman–Crippen MR) is 118 cm³/mol. The first-order chi connectivity index (χ1) is 14.6. The van der Waals surface area contributed by atoms with E-state index in [9.17, 15) is 4.39 Å². The van der Waals surface area contributed by atoms with Crippen molar-refractivity contribution in [2.45, 2.75) is 44.3 Å². The van der Waals surface area contributed by atoms with E-state index in [4.69, 9.17) is 19.4 Å². The summed E-state index contributed by atoms with van der Waals surface area (Å²) in [4.78, 5) is 14.1. The molecule has 0 N–H and O–H groups in total. The second-order valence-electron chi connectivity index (χ2n) is 8.72. The van der Waals surface area contributed by atoms with Gasteiger partial charge in [0.25, 0.3) is 0 Å². The van der Waals surface area contributed by atoms with Crippen LogP contribution in [0.4, 0.5) is 10.2 Å². The Morgan fingerprint density at radius 1 is 1.23 bits per heavy atom. The summed E-state index contributed by atoms with van der Waals surface area (Å²) in [5.41, 5.74) is 1.75.